The molecule has 1 fully saturated rings. The van der Waals surface area contributed by atoms with Gasteiger partial charge < -0.3 is 10.9 Å². The smallest absolute Gasteiger partial charge is 0.153 e. The number of nitrogens with two attached hydrogens (primary N) is 1. The van der Waals surface area contributed by atoms with Gasteiger partial charge >= 0.3 is 0 Å². The molecular weight excluding hydrogens is 180 g/mol. The molecular formula is C9H20N4O. The highest BCUT2D eigenvalue weighted by molar-refractivity contribution is 5.81. The number of nitrogens with zero attached hydrogens (tertiary/aromatic N) is 3. The lowest BCUT2D eigenvalue weighted by molar-refractivity contribution is 0.118. The summed E-state index contributed by atoms with van der Waals surface area (Å²) in [6.45, 7) is 9.11. The van der Waals surface area contributed by atoms with Gasteiger partial charge in [-0.15, -0.1) is 0 Å². The lowest BCUT2D eigenvalue weighted by Crippen LogP contribution is -2.50. The van der Waals surface area contributed by atoms with E-state index in [0.29, 0.717) is 18.4 Å². The van der Waals surface area contributed by atoms with Crippen molar-refractivity contribution in [1.29, 1.82) is 0 Å². The summed E-state index contributed by atoms with van der Waals surface area (Å²) in [7, 11) is 0. The number of hydrogen-bond donors (Lipinski definition) is 2. The molecule has 0 atom stereocenters. The van der Waals surface area contributed by atoms with Gasteiger partial charge in [-0.3, -0.25) is 9.80 Å². The van der Waals surface area contributed by atoms with E-state index in [2.05, 4.69) is 28.8 Å². The molecule has 14 heavy (non-hydrogen) atoms. The van der Waals surface area contributed by atoms with Crippen LogP contribution in [-0.2, 0) is 0 Å². The molecule has 1 aliphatic heterocycles. The zero-order valence-corrected chi connectivity index (χ0v) is 8.98. The number of hydrogen-bond acceptors (Lipinski definition) is 4. The lowest BCUT2D eigenvalue weighted by atomic mass is 10.2. The minimum Gasteiger partial charge on any atom is -0.409 e. The van der Waals surface area contributed by atoms with Gasteiger partial charge in [0.15, 0.2) is 5.84 Å². The predicted octanol–water partition coefficient (Wildman–Crippen LogP) is -0.241. The van der Waals surface area contributed by atoms with E-state index in [-0.39, 0.29) is 0 Å². The van der Waals surface area contributed by atoms with Crippen molar-refractivity contribution >= 4 is 5.84 Å². The first-order valence-corrected chi connectivity index (χ1v) is 5.06. The van der Waals surface area contributed by atoms with Crippen molar-refractivity contribution in [2.75, 3.05) is 32.7 Å². The normalized spacial score (nSPS) is 21.8. The van der Waals surface area contributed by atoms with E-state index in [1.165, 1.54) is 0 Å². The van der Waals surface area contributed by atoms with Crippen molar-refractivity contribution < 1.29 is 5.21 Å². The summed E-state index contributed by atoms with van der Waals surface area (Å²) in [5.74, 6) is 0.294. The van der Waals surface area contributed by atoms with Crippen LogP contribution < -0.4 is 5.73 Å². The maximum Gasteiger partial charge on any atom is 0.153 e. The van der Waals surface area contributed by atoms with E-state index in [0.717, 1.165) is 26.2 Å². The van der Waals surface area contributed by atoms with Gasteiger partial charge in [0.25, 0.3) is 0 Å². The third-order valence-corrected chi connectivity index (χ3v) is 2.65. The van der Waals surface area contributed by atoms with Gasteiger partial charge in [0, 0.05) is 32.2 Å². The van der Waals surface area contributed by atoms with Crippen LogP contribution in [-0.4, -0.2) is 59.6 Å². The van der Waals surface area contributed by atoms with E-state index >= 15 is 0 Å². The van der Waals surface area contributed by atoms with Crippen molar-refractivity contribution in [3.05, 3.63) is 0 Å². The molecule has 0 unspecified atom stereocenters. The molecule has 3 N–H and O–H groups in total. The summed E-state index contributed by atoms with van der Waals surface area (Å²) in [5, 5.41) is 11.4. The Hall–Kier alpha value is -0.810. The van der Waals surface area contributed by atoms with Crippen molar-refractivity contribution in [3.63, 3.8) is 0 Å². The summed E-state index contributed by atoms with van der Waals surface area (Å²) >= 11 is 0. The van der Waals surface area contributed by atoms with Crippen molar-refractivity contribution in [1.82, 2.24) is 9.80 Å². The Balaban J connectivity index is 2.29. The van der Waals surface area contributed by atoms with Gasteiger partial charge in [-0.05, 0) is 13.8 Å². The first-order chi connectivity index (χ1) is 6.63. The zero-order valence-electron chi connectivity index (χ0n) is 8.98. The first-order valence-electron chi connectivity index (χ1n) is 5.06. The minimum atomic E-state index is 0.294. The molecule has 0 bridgehead atoms. The molecule has 0 spiro atoms. The number of oxime groups is 1. The fraction of sp³-hybridized carbons (Fsp3) is 0.889. The summed E-state index contributed by atoms with van der Waals surface area (Å²) < 4.78 is 0. The summed E-state index contributed by atoms with van der Waals surface area (Å²) in [6.07, 6.45) is 0. The topological polar surface area (TPSA) is 65.1 Å². The number of piperazine rings is 1. The third kappa shape index (κ3) is 3.16. The number of amidine groups is 1. The monoisotopic (exact) mass is 200 g/mol. The van der Waals surface area contributed by atoms with Crippen molar-refractivity contribution in [3.8, 4) is 0 Å². The Morgan fingerprint density at radius 1 is 1.36 bits per heavy atom. The van der Waals surface area contributed by atoms with Gasteiger partial charge in [0.2, 0.25) is 0 Å². The molecule has 1 aliphatic rings. The van der Waals surface area contributed by atoms with Crippen molar-refractivity contribution in [2.45, 2.75) is 19.9 Å². The molecule has 0 aliphatic carbocycles. The SMILES string of the molecule is CC(C)N1CCN(C/C(N)=N/O)CC1. The largest absolute Gasteiger partial charge is 0.409 e. The lowest BCUT2D eigenvalue weighted by Gasteiger charge is -2.36. The van der Waals surface area contributed by atoms with Crippen LogP contribution in [0.3, 0.4) is 0 Å². The molecule has 0 radical (unpaired) electrons. The van der Waals surface area contributed by atoms with Crippen LogP contribution in [0.1, 0.15) is 13.8 Å². The first kappa shape index (κ1) is 11.3. The maximum absolute atomic E-state index is 8.43. The van der Waals surface area contributed by atoms with Crippen LogP contribution >= 0.6 is 0 Å². The fourth-order valence-electron chi connectivity index (χ4n) is 1.70. The average molecular weight is 200 g/mol. The molecule has 1 heterocycles. The molecule has 0 saturated carbocycles. The summed E-state index contributed by atoms with van der Waals surface area (Å²) in [6, 6.07) is 0.612. The maximum atomic E-state index is 8.43. The van der Waals surface area contributed by atoms with Crippen LogP contribution in [0.25, 0.3) is 0 Å². The summed E-state index contributed by atoms with van der Waals surface area (Å²) in [5.41, 5.74) is 5.44. The zero-order chi connectivity index (χ0) is 10.6. The van der Waals surface area contributed by atoms with Gasteiger partial charge in [0.1, 0.15) is 0 Å². The molecule has 0 aromatic heterocycles. The molecule has 5 nitrogen and oxygen atoms in total. The fourth-order valence-corrected chi connectivity index (χ4v) is 1.70. The van der Waals surface area contributed by atoms with Crippen LogP contribution in [0.2, 0.25) is 0 Å². The molecule has 1 rings (SSSR count). The van der Waals surface area contributed by atoms with E-state index < -0.39 is 0 Å². The van der Waals surface area contributed by atoms with E-state index in [1.54, 1.807) is 0 Å². The second kappa shape index (κ2) is 5.17. The van der Waals surface area contributed by atoms with Crippen LogP contribution in [0.4, 0.5) is 0 Å². The summed E-state index contributed by atoms with van der Waals surface area (Å²) in [4.78, 5) is 4.64. The van der Waals surface area contributed by atoms with Gasteiger partial charge in [0.05, 0.1) is 6.54 Å². The van der Waals surface area contributed by atoms with Crippen molar-refractivity contribution in [2.24, 2.45) is 10.9 Å². The van der Waals surface area contributed by atoms with Gasteiger partial charge in [-0.1, -0.05) is 5.16 Å². The highest BCUT2D eigenvalue weighted by Crippen LogP contribution is 2.04. The Morgan fingerprint density at radius 3 is 2.36 bits per heavy atom. The second-order valence-electron chi connectivity index (χ2n) is 4.00. The van der Waals surface area contributed by atoms with E-state index in [4.69, 9.17) is 10.9 Å². The Morgan fingerprint density at radius 2 is 1.93 bits per heavy atom. The van der Waals surface area contributed by atoms with Gasteiger partial charge in [-0.2, -0.15) is 0 Å². The van der Waals surface area contributed by atoms with Gasteiger partial charge in [-0.25, -0.2) is 0 Å². The molecule has 1 saturated heterocycles. The molecule has 5 heteroatoms. The third-order valence-electron chi connectivity index (χ3n) is 2.65. The molecule has 0 amide bonds. The Kier molecular flexibility index (Phi) is 4.16. The second-order valence-corrected chi connectivity index (χ2v) is 4.00. The average Bonchev–Trinajstić information content (AvgIpc) is 2.18. The van der Waals surface area contributed by atoms with Crippen LogP contribution in [0, 0.1) is 0 Å². The van der Waals surface area contributed by atoms with Crippen LogP contribution in [0.5, 0.6) is 0 Å². The van der Waals surface area contributed by atoms with Crippen LogP contribution in [0.15, 0.2) is 5.16 Å². The standard InChI is InChI=1S/C9H20N4O/c1-8(2)13-5-3-12(4-6-13)7-9(10)11-14/h8,14H,3-7H2,1-2H3,(H2,10,11). The highest BCUT2D eigenvalue weighted by atomic mass is 16.4. The highest BCUT2D eigenvalue weighted by Gasteiger charge is 2.18. The minimum absolute atomic E-state index is 0.294. The Bertz CT molecular complexity index is 197. The predicted molar refractivity (Wildman–Crippen MR) is 56.6 cm³/mol. The number of rotatable bonds is 3. The quantitative estimate of drug-likeness (QED) is 0.285. The molecule has 82 valence electrons. The van der Waals surface area contributed by atoms with E-state index in [1.807, 2.05) is 0 Å². The van der Waals surface area contributed by atoms with E-state index in [9.17, 15) is 0 Å². The molecule has 0 aromatic carbocycles. The molecule has 0 aromatic rings. The Labute approximate surface area is 85.2 Å².